The predicted octanol–water partition coefficient (Wildman–Crippen LogP) is 1.77. The molecule has 1 aromatic heterocycles. The molecule has 0 spiro atoms. The van der Waals surface area contributed by atoms with E-state index in [1.54, 1.807) is 18.3 Å². The number of hydrogen-bond acceptors (Lipinski definition) is 7. The molecule has 0 aliphatic carbocycles. The number of carbonyl (C=O) groups is 1. The van der Waals surface area contributed by atoms with Gasteiger partial charge in [-0.25, -0.2) is 5.43 Å². The molecule has 1 N–H and O–H groups in total. The Morgan fingerprint density at radius 2 is 2.17 bits per heavy atom. The minimum absolute atomic E-state index is 0.0130. The quantitative estimate of drug-likeness (QED) is 0.490. The van der Waals surface area contributed by atoms with Crippen LogP contribution in [0.5, 0.6) is 11.5 Å². The van der Waals surface area contributed by atoms with E-state index in [1.165, 1.54) is 38.8 Å². The second-order valence-electron chi connectivity index (χ2n) is 4.47. The summed E-state index contributed by atoms with van der Waals surface area (Å²) in [5, 5.41) is 14.9. The molecule has 0 saturated carbocycles. The van der Waals surface area contributed by atoms with Gasteiger partial charge in [0.15, 0.2) is 5.75 Å². The molecule has 0 aliphatic heterocycles. The largest absolute Gasteiger partial charge is 0.493 e. The Labute approximate surface area is 137 Å². The topological polar surface area (TPSA) is 116 Å². The van der Waals surface area contributed by atoms with Crippen LogP contribution in [0, 0.1) is 10.1 Å². The van der Waals surface area contributed by atoms with Crippen molar-refractivity contribution in [3.8, 4) is 11.5 Å². The van der Waals surface area contributed by atoms with Gasteiger partial charge in [-0.15, -0.1) is 0 Å². The van der Waals surface area contributed by atoms with Crippen molar-refractivity contribution in [1.29, 1.82) is 0 Å². The zero-order chi connectivity index (χ0) is 17.5. The summed E-state index contributed by atoms with van der Waals surface area (Å²) in [5.41, 5.74) is 2.75. The number of hydrogen-bond donors (Lipinski definition) is 1. The van der Waals surface area contributed by atoms with Crippen LogP contribution in [0.4, 0.5) is 5.69 Å². The van der Waals surface area contributed by atoms with Gasteiger partial charge in [0.25, 0.3) is 5.91 Å². The number of carbonyl (C=O) groups excluding carboxylic acids is 1. The van der Waals surface area contributed by atoms with Crippen LogP contribution < -0.4 is 14.9 Å². The number of benzene rings is 1. The van der Waals surface area contributed by atoms with Crippen LogP contribution in [0.25, 0.3) is 0 Å². The minimum Gasteiger partial charge on any atom is -0.493 e. The number of hydrazone groups is 1. The second kappa shape index (κ2) is 7.68. The number of aromatic nitrogens is 1. The van der Waals surface area contributed by atoms with Gasteiger partial charge in [0.05, 0.1) is 30.9 Å². The van der Waals surface area contributed by atoms with Crippen molar-refractivity contribution in [3.63, 3.8) is 0 Å². The molecule has 0 fully saturated rings. The average Bonchev–Trinajstić information content (AvgIpc) is 2.61. The molecule has 2 aromatic rings. The van der Waals surface area contributed by atoms with E-state index in [0.717, 1.165) is 0 Å². The fraction of sp³-hybridized carbons (Fsp3) is 0.133. The lowest BCUT2D eigenvalue weighted by molar-refractivity contribution is -0.385. The maximum atomic E-state index is 11.8. The number of nitro groups is 1. The van der Waals surface area contributed by atoms with Gasteiger partial charge in [-0.1, -0.05) is 0 Å². The van der Waals surface area contributed by atoms with Gasteiger partial charge < -0.3 is 9.47 Å². The van der Waals surface area contributed by atoms with Gasteiger partial charge in [-0.3, -0.25) is 19.9 Å². The number of ether oxygens (including phenoxy) is 2. The molecule has 1 aromatic carbocycles. The lowest BCUT2D eigenvalue weighted by Gasteiger charge is -2.08. The lowest BCUT2D eigenvalue weighted by atomic mass is 10.2. The van der Waals surface area contributed by atoms with E-state index in [9.17, 15) is 14.9 Å². The van der Waals surface area contributed by atoms with Crippen molar-refractivity contribution >= 4 is 17.8 Å². The second-order valence-corrected chi connectivity index (χ2v) is 4.47. The van der Waals surface area contributed by atoms with Crippen molar-refractivity contribution in [1.82, 2.24) is 10.4 Å². The molecular weight excluding hydrogens is 316 g/mol. The minimum atomic E-state index is -0.590. The molecule has 0 aliphatic rings. The van der Waals surface area contributed by atoms with Crippen molar-refractivity contribution < 1.29 is 19.2 Å². The van der Waals surface area contributed by atoms with Crippen LogP contribution >= 0.6 is 0 Å². The summed E-state index contributed by atoms with van der Waals surface area (Å²) in [6.07, 6.45) is 4.21. The molecule has 0 atom stereocenters. The predicted molar refractivity (Wildman–Crippen MR) is 85.5 cm³/mol. The molecule has 9 heteroatoms. The highest BCUT2D eigenvalue weighted by Crippen LogP contribution is 2.37. The maximum Gasteiger partial charge on any atom is 0.315 e. The molecule has 124 valence electrons. The first-order valence-electron chi connectivity index (χ1n) is 6.70. The van der Waals surface area contributed by atoms with Gasteiger partial charge >= 0.3 is 5.69 Å². The Morgan fingerprint density at radius 3 is 2.75 bits per heavy atom. The third-order valence-electron chi connectivity index (χ3n) is 2.98. The van der Waals surface area contributed by atoms with Crippen LogP contribution in [0.3, 0.4) is 0 Å². The first kappa shape index (κ1) is 16.9. The van der Waals surface area contributed by atoms with Gasteiger partial charge in [0.1, 0.15) is 0 Å². The van der Waals surface area contributed by atoms with Crippen molar-refractivity contribution in [3.05, 3.63) is 57.9 Å². The number of pyridine rings is 1. The maximum absolute atomic E-state index is 11.8. The van der Waals surface area contributed by atoms with Crippen LogP contribution in [0.1, 0.15) is 15.9 Å². The molecule has 0 bridgehead atoms. The Bertz CT molecular complexity index is 777. The first-order valence-corrected chi connectivity index (χ1v) is 6.70. The molecule has 9 nitrogen and oxygen atoms in total. The molecule has 0 saturated heterocycles. The number of nitrogens with zero attached hydrogens (tertiary/aromatic N) is 3. The molecule has 24 heavy (non-hydrogen) atoms. The Balaban J connectivity index is 2.21. The fourth-order valence-electron chi connectivity index (χ4n) is 1.90. The average molecular weight is 330 g/mol. The van der Waals surface area contributed by atoms with Crippen LogP contribution in [0.2, 0.25) is 0 Å². The Morgan fingerprint density at radius 1 is 1.38 bits per heavy atom. The van der Waals surface area contributed by atoms with E-state index in [-0.39, 0.29) is 17.2 Å². The van der Waals surface area contributed by atoms with Crippen LogP contribution in [-0.4, -0.2) is 36.2 Å². The third-order valence-corrected chi connectivity index (χ3v) is 2.98. The highest BCUT2D eigenvalue weighted by Gasteiger charge is 2.21. The number of methoxy groups -OCH3 is 2. The Hall–Kier alpha value is -3.49. The summed E-state index contributed by atoms with van der Waals surface area (Å²) in [6, 6.07) is 5.97. The number of nitrogens with one attached hydrogen (secondary N) is 1. The zero-order valence-electron chi connectivity index (χ0n) is 12.9. The van der Waals surface area contributed by atoms with E-state index < -0.39 is 10.8 Å². The fourth-order valence-corrected chi connectivity index (χ4v) is 1.90. The monoisotopic (exact) mass is 330 g/mol. The standard InChI is InChI=1S/C15H14N4O5/c1-23-13-7-10(6-12(19(21)22)14(13)24-2)8-17-18-15(20)11-4-3-5-16-9-11/h3-9H,1-2H3,(H,18,20)/b17-8-. The van der Waals surface area contributed by atoms with Crippen molar-refractivity contribution in [2.75, 3.05) is 14.2 Å². The third kappa shape index (κ3) is 3.83. The highest BCUT2D eigenvalue weighted by atomic mass is 16.6. The van der Waals surface area contributed by atoms with Gasteiger partial charge in [-0.05, 0) is 18.2 Å². The van der Waals surface area contributed by atoms with E-state index in [4.69, 9.17) is 9.47 Å². The summed E-state index contributed by atoms with van der Waals surface area (Å²) in [6.45, 7) is 0. The summed E-state index contributed by atoms with van der Waals surface area (Å²) in [4.78, 5) is 26.2. The molecular formula is C15H14N4O5. The van der Waals surface area contributed by atoms with E-state index in [1.807, 2.05) is 0 Å². The smallest absolute Gasteiger partial charge is 0.315 e. The summed E-state index contributed by atoms with van der Waals surface area (Å²) < 4.78 is 10.1. The van der Waals surface area contributed by atoms with E-state index in [2.05, 4.69) is 15.5 Å². The summed E-state index contributed by atoms with van der Waals surface area (Å²) in [7, 11) is 2.68. The number of amides is 1. The van der Waals surface area contributed by atoms with Gasteiger partial charge in [0.2, 0.25) is 5.75 Å². The van der Waals surface area contributed by atoms with Gasteiger partial charge in [-0.2, -0.15) is 5.10 Å². The SMILES string of the molecule is COc1cc(/C=N\NC(=O)c2cccnc2)cc([N+](=O)[O-])c1OC. The Kier molecular flexibility index (Phi) is 5.40. The van der Waals surface area contributed by atoms with E-state index >= 15 is 0 Å². The molecule has 1 amide bonds. The molecule has 2 rings (SSSR count). The van der Waals surface area contributed by atoms with Gasteiger partial charge in [0, 0.05) is 24.0 Å². The zero-order valence-corrected chi connectivity index (χ0v) is 12.9. The number of rotatable bonds is 6. The van der Waals surface area contributed by atoms with E-state index in [0.29, 0.717) is 11.1 Å². The first-order chi connectivity index (χ1) is 11.6. The molecule has 1 heterocycles. The number of nitro benzene ring substituents is 1. The summed E-state index contributed by atoms with van der Waals surface area (Å²) in [5.74, 6) is -0.250. The van der Waals surface area contributed by atoms with Crippen LogP contribution in [0.15, 0.2) is 41.8 Å². The highest BCUT2D eigenvalue weighted by molar-refractivity contribution is 5.94. The lowest BCUT2D eigenvalue weighted by Crippen LogP contribution is -2.17. The molecule has 0 radical (unpaired) electrons. The summed E-state index contributed by atoms with van der Waals surface area (Å²) >= 11 is 0. The van der Waals surface area contributed by atoms with Crippen LogP contribution in [-0.2, 0) is 0 Å². The normalized spacial score (nSPS) is 10.4. The van der Waals surface area contributed by atoms with Crippen molar-refractivity contribution in [2.24, 2.45) is 5.10 Å². The van der Waals surface area contributed by atoms with Crippen molar-refractivity contribution in [2.45, 2.75) is 0 Å². The molecule has 0 unspecified atom stereocenters.